The molecule has 3 nitrogen and oxygen atoms in total. The molecule has 0 unspecified atom stereocenters. The van der Waals surface area contributed by atoms with Gasteiger partial charge in [-0.25, -0.2) is 0 Å². The van der Waals surface area contributed by atoms with Gasteiger partial charge in [0.15, 0.2) is 0 Å². The van der Waals surface area contributed by atoms with Crippen LogP contribution in [0.2, 0.25) is 0 Å². The number of carbonyl (C=O) groups is 1. The van der Waals surface area contributed by atoms with Crippen molar-refractivity contribution in [1.82, 2.24) is 4.90 Å². The summed E-state index contributed by atoms with van der Waals surface area (Å²) in [4.78, 5) is 14.6. The second kappa shape index (κ2) is 8.49. The van der Waals surface area contributed by atoms with E-state index in [4.69, 9.17) is 0 Å². The zero-order valence-electron chi connectivity index (χ0n) is 14.3. The van der Waals surface area contributed by atoms with Crippen molar-refractivity contribution in [2.24, 2.45) is 0 Å². The third kappa shape index (κ3) is 5.22. The van der Waals surface area contributed by atoms with Gasteiger partial charge in [-0.05, 0) is 49.6 Å². The van der Waals surface area contributed by atoms with Crippen LogP contribution < -0.4 is 5.32 Å². The van der Waals surface area contributed by atoms with Gasteiger partial charge in [0.2, 0.25) is 5.91 Å². The number of nitrogens with one attached hydrogen (secondary N) is 1. The summed E-state index contributed by atoms with van der Waals surface area (Å²) in [6.07, 6.45) is 1.03. The van der Waals surface area contributed by atoms with Crippen LogP contribution in [0.15, 0.2) is 48.5 Å². The molecule has 23 heavy (non-hydrogen) atoms. The number of amides is 1. The predicted molar refractivity (Wildman–Crippen MR) is 96.6 cm³/mol. The van der Waals surface area contributed by atoms with Crippen molar-refractivity contribution in [2.45, 2.75) is 33.7 Å². The molecule has 0 aliphatic heterocycles. The molecule has 1 amide bonds. The summed E-state index contributed by atoms with van der Waals surface area (Å²) in [7, 11) is 0. The highest BCUT2D eigenvalue weighted by Crippen LogP contribution is 2.14. The summed E-state index contributed by atoms with van der Waals surface area (Å²) in [5.74, 6) is 0.0429. The van der Waals surface area contributed by atoms with Crippen molar-refractivity contribution in [2.75, 3.05) is 18.4 Å². The molecule has 0 aliphatic rings. The van der Waals surface area contributed by atoms with Gasteiger partial charge in [0.1, 0.15) is 0 Å². The van der Waals surface area contributed by atoms with Crippen molar-refractivity contribution >= 4 is 11.6 Å². The van der Waals surface area contributed by atoms with Crippen LogP contribution in [-0.2, 0) is 11.3 Å². The Morgan fingerprint density at radius 1 is 1.00 bits per heavy atom. The lowest BCUT2D eigenvalue weighted by Crippen LogP contribution is -2.33. The number of carbonyl (C=O) groups excluding carboxylic acids is 1. The van der Waals surface area contributed by atoms with E-state index in [0.29, 0.717) is 6.54 Å². The summed E-state index contributed by atoms with van der Waals surface area (Å²) >= 11 is 0. The Morgan fingerprint density at radius 3 is 2.30 bits per heavy atom. The average molecular weight is 310 g/mol. The van der Waals surface area contributed by atoms with E-state index in [1.54, 1.807) is 0 Å². The van der Waals surface area contributed by atoms with E-state index in [0.717, 1.165) is 30.8 Å². The van der Waals surface area contributed by atoms with E-state index in [1.165, 1.54) is 11.1 Å². The van der Waals surface area contributed by atoms with Gasteiger partial charge in [-0.3, -0.25) is 9.69 Å². The summed E-state index contributed by atoms with van der Waals surface area (Å²) in [6, 6.07) is 16.2. The molecule has 0 bridgehead atoms. The van der Waals surface area contributed by atoms with Gasteiger partial charge in [-0.15, -0.1) is 0 Å². The second-order valence-corrected chi connectivity index (χ2v) is 6.00. The standard InChI is InChI=1S/C20H26N2O/c1-4-13-22(14-18-11-7-5-9-16(18)2)15-20(23)21-19-12-8-6-10-17(19)3/h5-12H,4,13-15H2,1-3H3,(H,21,23). The van der Waals surface area contributed by atoms with Crippen LogP contribution in [0.5, 0.6) is 0 Å². The van der Waals surface area contributed by atoms with Crippen molar-refractivity contribution in [3.05, 3.63) is 65.2 Å². The maximum absolute atomic E-state index is 12.4. The molecule has 0 saturated heterocycles. The van der Waals surface area contributed by atoms with Crippen molar-refractivity contribution in [3.63, 3.8) is 0 Å². The largest absolute Gasteiger partial charge is 0.325 e. The molecule has 3 heteroatoms. The number of rotatable bonds is 7. The molecule has 0 saturated carbocycles. The van der Waals surface area contributed by atoms with Crippen LogP contribution in [-0.4, -0.2) is 23.9 Å². The number of benzene rings is 2. The third-order valence-electron chi connectivity index (χ3n) is 3.98. The highest BCUT2D eigenvalue weighted by Gasteiger charge is 2.12. The number of nitrogens with zero attached hydrogens (tertiary/aromatic N) is 1. The summed E-state index contributed by atoms with van der Waals surface area (Å²) in [6.45, 7) is 8.40. The fourth-order valence-electron chi connectivity index (χ4n) is 2.66. The first kappa shape index (κ1) is 17.2. The maximum atomic E-state index is 12.4. The first-order valence-corrected chi connectivity index (χ1v) is 8.22. The van der Waals surface area contributed by atoms with Gasteiger partial charge >= 0.3 is 0 Å². The monoisotopic (exact) mass is 310 g/mol. The number of para-hydroxylation sites is 1. The van der Waals surface area contributed by atoms with Crippen LogP contribution in [0, 0.1) is 13.8 Å². The van der Waals surface area contributed by atoms with E-state index < -0.39 is 0 Å². The van der Waals surface area contributed by atoms with Crippen LogP contribution in [0.25, 0.3) is 0 Å². The Bertz CT molecular complexity index is 652. The molecule has 0 atom stereocenters. The minimum absolute atomic E-state index is 0.0429. The molecule has 1 N–H and O–H groups in total. The lowest BCUT2D eigenvalue weighted by molar-refractivity contribution is -0.117. The normalized spacial score (nSPS) is 10.8. The van der Waals surface area contributed by atoms with E-state index in [9.17, 15) is 4.79 Å². The minimum Gasteiger partial charge on any atom is -0.325 e. The molecule has 0 aromatic heterocycles. The average Bonchev–Trinajstić information content (AvgIpc) is 2.52. The first-order valence-electron chi connectivity index (χ1n) is 8.22. The first-order chi connectivity index (χ1) is 11.1. The number of aryl methyl sites for hydroxylation is 2. The number of anilines is 1. The Labute approximate surface area is 139 Å². The van der Waals surface area contributed by atoms with E-state index >= 15 is 0 Å². The van der Waals surface area contributed by atoms with Gasteiger partial charge in [0, 0.05) is 12.2 Å². The topological polar surface area (TPSA) is 32.3 Å². The SMILES string of the molecule is CCCN(CC(=O)Nc1ccccc1C)Cc1ccccc1C. The number of hydrogen-bond donors (Lipinski definition) is 1. The maximum Gasteiger partial charge on any atom is 0.238 e. The molecular weight excluding hydrogens is 284 g/mol. The third-order valence-corrected chi connectivity index (χ3v) is 3.98. The zero-order valence-corrected chi connectivity index (χ0v) is 14.3. The molecule has 2 rings (SSSR count). The smallest absolute Gasteiger partial charge is 0.238 e. The van der Waals surface area contributed by atoms with E-state index in [2.05, 4.69) is 42.3 Å². The van der Waals surface area contributed by atoms with Crippen LogP contribution in [0.3, 0.4) is 0 Å². The minimum atomic E-state index is 0.0429. The highest BCUT2D eigenvalue weighted by molar-refractivity contribution is 5.92. The van der Waals surface area contributed by atoms with Gasteiger partial charge in [-0.1, -0.05) is 49.4 Å². The number of hydrogen-bond acceptors (Lipinski definition) is 2. The Kier molecular flexibility index (Phi) is 6.36. The molecule has 0 fully saturated rings. The lowest BCUT2D eigenvalue weighted by atomic mass is 10.1. The molecule has 0 radical (unpaired) electrons. The van der Waals surface area contributed by atoms with E-state index in [-0.39, 0.29) is 5.91 Å². The van der Waals surface area contributed by atoms with Gasteiger partial charge in [0.25, 0.3) is 0 Å². The van der Waals surface area contributed by atoms with Gasteiger partial charge in [0.05, 0.1) is 6.54 Å². The Morgan fingerprint density at radius 2 is 1.65 bits per heavy atom. The Balaban J connectivity index is 2.00. The van der Waals surface area contributed by atoms with Crippen molar-refractivity contribution in [1.29, 1.82) is 0 Å². The molecule has 0 heterocycles. The fraction of sp³-hybridized carbons (Fsp3) is 0.350. The van der Waals surface area contributed by atoms with E-state index in [1.807, 2.05) is 37.3 Å². The van der Waals surface area contributed by atoms with Gasteiger partial charge < -0.3 is 5.32 Å². The zero-order chi connectivity index (χ0) is 16.7. The molecule has 2 aromatic rings. The van der Waals surface area contributed by atoms with Crippen LogP contribution >= 0.6 is 0 Å². The van der Waals surface area contributed by atoms with Crippen LogP contribution in [0.1, 0.15) is 30.0 Å². The Hall–Kier alpha value is -2.13. The molecular formula is C20H26N2O. The summed E-state index contributed by atoms with van der Waals surface area (Å²) in [5, 5.41) is 3.02. The fourth-order valence-corrected chi connectivity index (χ4v) is 2.66. The summed E-state index contributed by atoms with van der Waals surface area (Å²) in [5.41, 5.74) is 4.53. The van der Waals surface area contributed by atoms with Crippen molar-refractivity contribution < 1.29 is 4.79 Å². The molecule has 2 aromatic carbocycles. The van der Waals surface area contributed by atoms with Crippen LogP contribution in [0.4, 0.5) is 5.69 Å². The molecule has 122 valence electrons. The quantitative estimate of drug-likeness (QED) is 0.833. The lowest BCUT2D eigenvalue weighted by Gasteiger charge is -2.22. The molecule has 0 spiro atoms. The van der Waals surface area contributed by atoms with Crippen molar-refractivity contribution in [3.8, 4) is 0 Å². The molecule has 0 aliphatic carbocycles. The van der Waals surface area contributed by atoms with Gasteiger partial charge in [-0.2, -0.15) is 0 Å². The highest BCUT2D eigenvalue weighted by atomic mass is 16.2. The summed E-state index contributed by atoms with van der Waals surface area (Å²) < 4.78 is 0. The predicted octanol–water partition coefficient (Wildman–Crippen LogP) is 4.15. The second-order valence-electron chi connectivity index (χ2n) is 6.00.